The topological polar surface area (TPSA) is 81.7 Å². The normalized spacial score (nSPS) is 11.9. The molecule has 1 aromatic rings. The summed E-state index contributed by atoms with van der Waals surface area (Å²) in [6.07, 6.45) is 0. The Morgan fingerprint density at radius 1 is 1.06 bits per heavy atom. The minimum absolute atomic E-state index is 0.140. The van der Waals surface area contributed by atoms with Gasteiger partial charge in [0.1, 0.15) is 0 Å². The maximum Gasteiger partial charge on any atom is 0.501 e. The van der Waals surface area contributed by atoms with E-state index in [4.69, 9.17) is 10.5 Å². The minimum Gasteiger partial charge on any atom is -0.214 e. The summed E-state index contributed by atoms with van der Waals surface area (Å²) in [6.45, 7) is 0. The van der Waals surface area contributed by atoms with Crippen molar-refractivity contribution >= 4 is 9.84 Å². The van der Waals surface area contributed by atoms with Gasteiger partial charge in [0.2, 0.25) is 0 Å². The zero-order valence-electron chi connectivity index (χ0n) is 8.64. The summed E-state index contributed by atoms with van der Waals surface area (Å²) in [5.41, 5.74) is -5.24. The highest BCUT2D eigenvalue weighted by molar-refractivity contribution is 7.92. The van der Waals surface area contributed by atoms with Crippen molar-refractivity contribution in [2.75, 3.05) is 0 Å². The lowest BCUT2D eigenvalue weighted by Crippen LogP contribution is -2.23. The van der Waals surface area contributed by atoms with E-state index in [1.165, 1.54) is 0 Å². The van der Waals surface area contributed by atoms with Gasteiger partial charge in [-0.25, -0.2) is 8.42 Å². The van der Waals surface area contributed by atoms with Crippen LogP contribution in [0.3, 0.4) is 0 Å². The first kappa shape index (κ1) is 14.0. The lowest BCUT2D eigenvalue weighted by atomic mass is 10.0. The predicted molar refractivity (Wildman–Crippen MR) is 53.6 cm³/mol. The van der Waals surface area contributed by atoms with Gasteiger partial charge >= 0.3 is 5.51 Å². The summed E-state index contributed by atoms with van der Waals surface area (Å²) in [4.78, 5) is -0.923. The van der Waals surface area contributed by atoms with Gasteiger partial charge < -0.3 is 0 Å². The molecular weight excluding hydrogens is 269 g/mol. The zero-order chi connectivity index (χ0) is 14.0. The van der Waals surface area contributed by atoms with E-state index >= 15 is 0 Å². The Hall–Kier alpha value is -2.06. The van der Waals surface area contributed by atoms with E-state index in [-0.39, 0.29) is 5.56 Å². The van der Waals surface area contributed by atoms with E-state index in [2.05, 4.69) is 0 Å². The molecular formula is C10H5F3N2O2S. The van der Waals surface area contributed by atoms with E-state index < -0.39 is 26.2 Å². The van der Waals surface area contributed by atoms with E-state index in [0.29, 0.717) is 0 Å². The largest absolute Gasteiger partial charge is 0.501 e. The Morgan fingerprint density at radius 3 is 1.83 bits per heavy atom. The van der Waals surface area contributed by atoms with Crippen LogP contribution in [-0.4, -0.2) is 13.9 Å². The molecule has 0 aliphatic heterocycles. The van der Waals surface area contributed by atoms with Gasteiger partial charge in [0.25, 0.3) is 9.84 Å². The third-order valence-corrected chi connectivity index (χ3v) is 3.59. The van der Waals surface area contributed by atoms with Gasteiger partial charge in [0.05, 0.1) is 17.0 Å². The molecule has 0 heterocycles. The molecule has 0 bridgehead atoms. The van der Waals surface area contributed by atoms with Crippen LogP contribution in [0.2, 0.25) is 0 Å². The Kier molecular flexibility index (Phi) is 3.63. The highest BCUT2D eigenvalue weighted by atomic mass is 32.2. The van der Waals surface area contributed by atoms with Crippen LogP contribution < -0.4 is 0 Å². The number of halogens is 3. The van der Waals surface area contributed by atoms with Crippen molar-refractivity contribution in [2.45, 2.75) is 16.3 Å². The van der Waals surface area contributed by atoms with Crippen LogP contribution in [-0.2, 0) is 9.84 Å². The van der Waals surface area contributed by atoms with Gasteiger partial charge in [0.15, 0.2) is 5.92 Å². The van der Waals surface area contributed by atoms with Crippen molar-refractivity contribution in [2.24, 2.45) is 0 Å². The third kappa shape index (κ3) is 2.44. The molecule has 1 rings (SSSR count). The maximum absolute atomic E-state index is 12.2. The molecule has 4 nitrogen and oxygen atoms in total. The summed E-state index contributed by atoms with van der Waals surface area (Å²) >= 11 is 0. The molecule has 18 heavy (non-hydrogen) atoms. The van der Waals surface area contributed by atoms with E-state index in [1.807, 2.05) is 0 Å². The number of hydrogen-bond acceptors (Lipinski definition) is 4. The fourth-order valence-corrected chi connectivity index (χ4v) is 1.91. The van der Waals surface area contributed by atoms with Gasteiger partial charge in [-0.3, -0.25) is 0 Å². The average molecular weight is 274 g/mol. The number of benzene rings is 1. The number of sulfone groups is 1. The van der Waals surface area contributed by atoms with E-state index in [1.54, 1.807) is 12.1 Å². The second-order valence-electron chi connectivity index (χ2n) is 3.21. The van der Waals surface area contributed by atoms with Crippen LogP contribution in [0.5, 0.6) is 0 Å². The van der Waals surface area contributed by atoms with Crippen LogP contribution >= 0.6 is 0 Å². The van der Waals surface area contributed by atoms with Gasteiger partial charge in [-0.2, -0.15) is 23.7 Å². The monoisotopic (exact) mass is 274 g/mol. The number of nitriles is 2. The standard InChI is InChI=1S/C10H5F3N2O2S/c11-10(12,13)18(16,17)9-3-1-7(2-4-9)8(5-14)6-15/h1-4,8H. The first-order valence-corrected chi connectivity index (χ1v) is 5.93. The first-order valence-electron chi connectivity index (χ1n) is 4.44. The summed E-state index contributed by atoms with van der Waals surface area (Å²) in [5.74, 6) is -1.15. The lowest BCUT2D eigenvalue weighted by molar-refractivity contribution is -0.0436. The fraction of sp³-hybridized carbons (Fsp3) is 0.200. The number of nitrogens with zero attached hydrogens (tertiary/aromatic N) is 2. The minimum atomic E-state index is -5.40. The van der Waals surface area contributed by atoms with Crippen molar-refractivity contribution in [3.05, 3.63) is 29.8 Å². The van der Waals surface area contributed by atoms with Gasteiger partial charge in [-0.1, -0.05) is 12.1 Å². The predicted octanol–water partition coefficient (Wildman–Crippen LogP) is 2.11. The summed E-state index contributed by atoms with van der Waals surface area (Å²) in [7, 11) is -5.40. The maximum atomic E-state index is 12.2. The lowest BCUT2D eigenvalue weighted by Gasteiger charge is -2.08. The molecule has 0 fully saturated rings. The van der Waals surface area contributed by atoms with Crippen molar-refractivity contribution < 1.29 is 21.6 Å². The third-order valence-electron chi connectivity index (χ3n) is 2.09. The second kappa shape index (κ2) is 4.67. The van der Waals surface area contributed by atoms with Crippen LogP contribution in [0.25, 0.3) is 0 Å². The van der Waals surface area contributed by atoms with Crippen LogP contribution in [0.1, 0.15) is 11.5 Å². The smallest absolute Gasteiger partial charge is 0.214 e. The Bertz CT molecular complexity index is 607. The summed E-state index contributed by atoms with van der Waals surface area (Å²) in [5, 5.41) is 17.1. The van der Waals surface area contributed by atoms with Crippen molar-refractivity contribution in [3.63, 3.8) is 0 Å². The molecule has 94 valence electrons. The Balaban J connectivity index is 3.21. The van der Waals surface area contributed by atoms with E-state index in [0.717, 1.165) is 24.3 Å². The molecule has 0 atom stereocenters. The quantitative estimate of drug-likeness (QED) is 0.827. The molecule has 0 spiro atoms. The molecule has 1 aromatic carbocycles. The first-order chi connectivity index (χ1) is 8.24. The molecule has 0 radical (unpaired) electrons. The molecule has 0 N–H and O–H groups in total. The molecule has 0 saturated carbocycles. The molecule has 0 unspecified atom stereocenters. The Morgan fingerprint density at radius 2 is 1.50 bits per heavy atom. The number of hydrogen-bond donors (Lipinski definition) is 0. The van der Waals surface area contributed by atoms with Crippen LogP contribution in [0.4, 0.5) is 13.2 Å². The average Bonchev–Trinajstić information content (AvgIpc) is 2.30. The molecule has 8 heteroatoms. The molecule has 0 saturated heterocycles. The highest BCUT2D eigenvalue weighted by Crippen LogP contribution is 2.30. The SMILES string of the molecule is N#CC(C#N)c1ccc(S(=O)(=O)C(F)(F)F)cc1. The number of rotatable bonds is 2. The zero-order valence-corrected chi connectivity index (χ0v) is 9.46. The number of alkyl halides is 3. The van der Waals surface area contributed by atoms with E-state index in [9.17, 15) is 21.6 Å². The summed E-state index contributed by atoms with van der Waals surface area (Å²) in [6, 6.07) is 6.71. The molecule has 0 amide bonds. The molecule has 0 aliphatic carbocycles. The van der Waals surface area contributed by atoms with Crippen molar-refractivity contribution in [3.8, 4) is 12.1 Å². The van der Waals surface area contributed by atoms with Crippen molar-refractivity contribution in [1.29, 1.82) is 10.5 Å². The molecule has 0 aromatic heterocycles. The molecule has 0 aliphatic rings. The highest BCUT2D eigenvalue weighted by Gasteiger charge is 2.46. The second-order valence-corrected chi connectivity index (χ2v) is 5.15. The van der Waals surface area contributed by atoms with Gasteiger partial charge in [-0.15, -0.1) is 0 Å². The van der Waals surface area contributed by atoms with Crippen molar-refractivity contribution in [1.82, 2.24) is 0 Å². The summed E-state index contributed by atoms with van der Waals surface area (Å²) < 4.78 is 58.7. The van der Waals surface area contributed by atoms with Crippen LogP contribution in [0, 0.1) is 22.7 Å². The van der Waals surface area contributed by atoms with Gasteiger partial charge in [-0.05, 0) is 17.7 Å². The van der Waals surface area contributed by atoms with Crippen LogP contribution in [0.15, 0.2) is 29.2 Å². The Labute approximate surface area is 101 Å². The fourth-order valence-electron chi connectivity index (χ4n) is 1.15. The van der Waals surface area contributed by atoms with Gasteiger partial charge in [0, 0.05) is 0 Å².